The molecule has 4 N–H and O–H groups in total. The van der Waals surface area contributed by atoms with Crippen LogP contribution < -0.4 is 11.1 Å². The van der Waals surface area contributed by atoms with E-state index in [1.165, 1.54) is 30.9 Å². The topological polar surface area (TPSA) is 105 Å². The van der Waals surface area contributed by atoms with Gasteiger partial charge in [0, 0.05) is 13.1 Å². The molecule has 1 fully saturated rings. The summed E-state index contributed by atoms with van der Waals surface area (Å²) in [6, 6.07) is 12.8. The zero-order valence-electron chi connectivity index (χ0n) is 20.8. The second-order valence-electron chi connectivity index (χ2n) is 9.68. The lowest BCUT2D eigenvalue weighted by molar-refractivity contribution is -0.143. The number of hydrogen-bond donors (Lipinski definition) is 3. The van der Waals surface area contributed by atoms with Crippen LogP contribution >= 0.6 is 12.4 Å². The van der Waals surface area contributed by atoms with Gasteiger partial charge in [-0.1, -0.05) is 42.5 Å². The van der Waals surface area contributed by atoms with Crippen molar-refractivity contribution in [2.24, 2.45) is 5.73 Å². The van der Waals surface area contributed by atoms with Gasteiger partial charge in [0.25, 0.3) is 0 Å². The van der Waals surface area contributed by atoms with Crippen molar-refractivity contribution >= 4 is 24.2 Å². The summed E-state index contributed by atoms with van der Waals surface area (Å²) in [5.41, 5.74) is 3.80. The normalized spacial score (nSPS) is 16.5. The van der Waals surface area contributed by atoms with Crippen molar-refractivity contribution in [3.05, 3.63) is 71.3 Å². The van der Waals surface area contributed by atoms with E-state index in [0.717, 1.165) is 17.7 Å². The smallest absolute Gasteiger partial charge is 0.385 e. The number of halogens is 4. The SMILES string of the molecule is CC(C)(N)C(=O)NC(COCc1ccccc1)C(=O)N1CCC(O)(c2ccc(C(F)(F)F)cc2)CC1.Cl. The molecule has 0 spiro atoms. The zero-order valence-corrected chi connectivity index (χ0v) is 21.6. The Hall–Kier alpha value is -2.66. The van der Waals surface area contributed by atoms with E-state index in [1.54, 1.807) is 0 Å². The highest BCUT2D eigenvalue weighted by Gasteiger charge is 2.39. The fourth-order valence-electron chi connectivity index (χ4n) is 3.96. The number of likely N-dealkylation sites (tertiary alicyclic amines) is 1. The Balaban J connectivity index is 0.00000481. The molecule has 2 aromatic rings. The lowest BCUT2D eigenvalue weighted by Gasteiger charge is -2.40. The summed E-state index contributed by atoms with van der Waals surface area (Å²) < 4.78 is 44.3. The molecule has 1 saturated heterocycles. The molecule has 1 unspecified atom stereocenters. The van der Waals surface area contributed by atoms with E-state index in [0.29, 0.717) is 5.56 Å². The van der Waals surface area contributed by atoms with E-state index in [2.05, 4.69) is 5.32 Å². The van der Waals surface area contributed by atoms with Gasteiger partial charge in [0.05, 0.1) is 29.9 Å². The predicted octanol–water partition coefficient (Wildman–Crippen LogP) is 3.38. The first-order valence-corrected chi connectivity index (χ1v) is 11.7. The van der Waals surface area contributed by atoms with E-state index in [9.17, 15) is 27.9 Å². The van der Waals surface area contributed by atoms with Crippen LogP contribution in [0.5, 0.6) is 0 Å². The van der Waals surface area contributed by atoms with Crippen molar-refractivity contribution in [3.8, 4) is 0 Å². The van der Waals surface area contributed by atoms with Crippen LogP contribution in [0.1, 0.15) is 43.4 Å². The number of benzene rings is 2. The fourth-order valence-corrected chi connectivity index (χ4v) is 3.96. The molecule has 0 aromatic heterocycles. The van der Waals surface area contributed by atoms with Crippen molar-refractivity contribution in [1.29, 1.82) is 0 Å². The molecule has 7 nitrogen and oxygen atoms in total. The Kier molecular flexibility index (Phi) is 10.1. The van der Waals surface area contributed by atoms with Crippen molar-refractivity contribution in [2.45, 2.75) is 56.7 Å². The maximum Gasteiger partial charge on any atom is 0.416 e. The first-order valence-electron chi connectivity index (χ1n) is 11.7. The average Bonchev–Trinajstić information content (AvgIpc) is 2.83. The molecule has 1 atom stereocenters. The maximum atomic E-state index is 13.3. The molecule has 3 rings (SSSR count). The van der Waals surface area contributed by atoms with E-state index in [-0.39, 0.29) is 57.5 Å². The Bertz CT molecular complexity index is 1040. The summed E-state index contributed by atoms with van der Waals surface area (Å²) >= 11 is 0. The zero-order chi connectivity index (χ0) is 26.6. The van der Waals surface area contributed by atoms with Crippen LogP contribution in [0.4, 0.5) is 13.2 Å². The maximum absolute atomic E-state index is 13.3. The number of nitrogens with one attached hydrogen (secondary N) is 1. The number of carbonyl (C=O) groups is 2. The van der Waals surface area contributed by atoms with Crippen LogP contribution in [0.3, 0.4) is 0 Å². The second-order valence-corrected chi connectivity index (χ2v) is 9.68. The van der Waals surface area contributed by atoms with Crippen LogP contribution in [0.15, 0.2) is 54.6 Å². The number of nitrogens with zero attached hydrogens (tertiary/aromatic N) is 1. The van der Waals surface area contributed by atoms with Crippen LogP contribution in [0, 0.1) is 0 Å². The van der Waals surface area contributed by atoms with Gasteiger partial charge in [-0.25, -0.2) is 0 Å². The first-order chi connectivity index (χ1) is 16.8. The molecule has 2 aromatic carbocycles. The number of hydrogen-bond acceptors (Lipinski definition) is 5. The molecular formula is C26H33ClF3N3O4. The number of nitrogens with two attached hydrogens (primary N) is 1. The number of piperidine rings is 1. The molecule has 0 radical (unpaired) electrons. The highest BCUT2D eigenvalue weighted by atomic mass is 35.5. The Labute approximate surface area is 220 Å². The van der Waals surface area contributed by atoms with E-state index >= 15 is 0 Å². The van der Waals surface area contributed by atoms with Crippen molar-refractivity contribution in [2.75, 3.05) is 19.7 Å². The molecule has 204 valence electrons. The first kappa shape index (κ1) is 30.6. The van der Waals surface area contributed by atoms with Gasteiger partial charge in [0.2, 0.25) is 11.8 Å². The Morgan fingerprint density at radius 1 is 1.08 bits per heavy atom. The van der Waals surface area contributed by atoms with Crippen molar-refractivity contribution < 1.29 is 32.6 Å². The van der Waals surface area contributed by atoms with Crippen LogP contribution in [-0.4, -0.2) is 53.1 Å². The molecule has 1 aliphatic rings. The monoisotopic (exact) mass is 543 g/mol. The minimum absolute atomic E-state index is 0. The Morgan fingerprint density at radius 2 is 1.65 bits per heavy atom. The van der Waals surface area contributed by atoms with Crippen LogP contribution in [-0.2, 0) is 32.7 Å². The molecule has 0 saturated carbocycles. The van der Waals surface area contributed by atoms with Crippen LogP contribution in [0.25, 0.3) is 0 Å². The molecule has 11 heteroatoms. The van der Waals surface area contributed by atoms with Crippen molar-refractivity contribution in [1.82, 2.24) is 10.2 Å². The van der Waals surface area contributed by atoms with Gasteiger partial charge >= 0.3 is 6.18 Å². The van der Waals surface area contributed by atoms with Gasteiger partial charge in [-0.05, 0) is 49.9 Å². The molecular weight excluding hydrogens is 511 g/mol. The molecule has 1 aliphatic heterocycles. The molecule has 0 bridgehead atoms. The lowest BCUT2D eigenvalue weighted by Crippen LogP contribution is -2.59. The van der Waals surface area contributed by atoms with Crippen LogP contribution in [0.2, 0.25) is 0 Å². The summed E-state index contributed by atoms with van der Waals surface area (Å²) in [4.78, 5) is 27.3. The summed E-state index contributed by atoms with van der Waals surface area (Å²) in [5.74, 6) is -0.891. The summed E-state index contributed by atoms with van der Waals surface area (Å²) in [6.07, 6.45) is -4.19. The number of rotatable bonds is 8. The summed E-state index contributed by atoms with van der Waals surface area (Å²) in [6.45, 7) is 3.55. The Morgan fingerprint density at radius 3 is 2.16 bits per heavy atom. The number of amides is 2. The highest BCUT2D eigenvalue weighted by Crippen LogP contribution is 2.35. The molecule has 2 amide bonds. The largest absolute Gasteiger partial charge is 0.416 e. The number of ether oxygens (including phenoxy) is 1. The molecule has 1 heterocycles. The van der Waals surface area contributed by atoms with E-state index in [1.807, 2.05) is 30.3 Å². The third-order valence-corrected chi connectivity index (χ3v) is 6.24. The minimum atomic E-state index is -4.46. The van der Waals surface area contributed by atoms with Gasteiger partial charge in [0.1, 0.15) is 6.04 Å². The lowest BCUT2D eigenvalue weighted by atomic mass is 9.84. The molecule has 0 aliphatic carbocycles. The minimum Gasteiger partial charge on any atom is -0.385 e. The van der Waals surface area contributed by atoms with E-state index in [4.69, 9.17) is 10.5 Å². The highest BCUT2D eigenvalue weighted by molar-refractivity contribution is 5.91. The summed E-state index contributed by atoms with van der Waals surface area (Å²) in [7, 11) is 0. The van der Waals surface area contributed by atoms with Gasteiger partial charge < -0.3 is 25.8 Å². The number of alkyl halides is 3. The third-order valence-electron chi connectivity index (χ3n) is 6.24. The van der Waals surface area contributed by atoms with E-state index < -0.39 is 34.8 Å². The quantitative estimate of drug-likeness (QED) is 0.473. The average molecular weight is 544 g/mol. The van der Waals surface area contributed by atoms with Gasteiger partial charge in [-0.2, -0.15) is 13.2 Å². The summed E-state index contributed by atoms with van der Waals surface area (Å²) in [5, 5.41) is 13.7. The second kappa shape index (κ2) is 12.3. The predicted molar refractivity (Wildman–Crippen MR) is 135 cm³/mol. The fraction of sp³-hybridized carbons (Fsp3) is 0.462. The standard InChI is InChI=1S/C26H32F3N3O4.ClH/c1-24(2,30)23(34)31-21(17-36-16-18-6-4-3-5-7-18)22(33)32-14-12-25(35,13-15-32)19-8-10-20(11-9-19)26(27,28)29;/h3-11,21,35H,12-17,30H2,1-2H3,(H,31,34);1H. The van der Waals surface area contributed by atoms with Gasteiger partial charge in [-0.15, -0.1) is 12.4 Å². The number of aliphatic hydroxyl groups is 1. The number of carbonyl (C=O) groups excluding carboxylic acids is 2. The van der Waals surface area contributed by atoms with Gasteiger partial charge in [-0.3, -0.25) is 9.59 Å². The van der Waals surface area contributed by atoms with Gasteiger partial charge in [0.15, 0.2) is 0 Å². The van der Waals surface area contributed by atoms with Crippen molar-refractivity contribution in [3.63, 3.8) is 0 Å². The molecule has 37 heavy (non-hydrogen) atoms. The third kappa shape index (κ3) is 8.16.